The molecule has 2 aliphatic rings. The molecule has 3 atom stereocenters. The van der Waals surface area contributed by atoms with Crippen LogP contribution in [0.15, 0.2) is 24.3 Å². The lowest BCUT2D eigenvalue weighted by molar-refractivity contribution is -0.134. The number of nitrogens with two attached hydrogens (primary N) is 1. The van der Waals surface area contributed by atoms with Crippen LogP contribution >= 0.6 is 0 Å². The molecule has 0 spiro atoms. The van der Waals surface area contributed by atoms with Gasteiger partial charge in [0.15, 0.2) is 0 Å². The van der Waals surface area contributed by atoms with Crippen LogP contribution in [0.2, 0.25) is 0 Å². The van der Waals surface area contributed by atoms with Crippen LogP contribution in [0, 0.1) is 17.7 Å². The monoisotopic (exact) mass is 395 g/mol. The summed E-state index contributed by atoms with van der Waals surface area (Å²) in [5.74, 6) is -2.12. The van der Waals surface area contributed by atoms with Gasteiger partial charge in [-0.2, -0.15) is 13.2 Å². The molecule has 6 nitrogen and oxygen atoms in total. The van der Waals surface area contributed by atoms with Crippen LogP contribution in [-0.4, -0.2) is 58.2 Å². The van der Waals surface area contributed by atoms with E-state index in [0.717, 1.165) is 11.1 Å². The van der Waals surface area contributed by atoms with Crippen LogP contribution in [0.5, 0.6) is 0 Å². The van der Waals surface area contributed by atoms with Crippen LogP contribution in [0.4, 0.5) is 13.2 Å². The number of piperazine rings is 1. The van der Waals surface area contributed by atoms with E-state index in [4.69, 9.17) is 16.6 Å². The highest BCUT2D eigenvalue weighted by Gasteiger charge is 2.50. The first-order valence-electron chi connectivity index (χ1n) is 9.22. The van der Waals surface area contributed by atoms with Crippen molar-refractivity contribution in [1.29, 1.82) is 10.8 Å². The molecular weight excluding hydrogens is 371 g/mol. The van der Waals surface area contributed by atoms with E-state index in [-0.39, 0.29) is 24.7 Å². The standard InChI is InChI=1S/C19H24F3N5O/c1-11-4-2-3-5-12(11)8-13(23)9-16(28)27-14-6-7-15(27)17(24)26(10-14)18(25)19(20,21)22/h2-5,13-15,24-25H,6-10,23H2,1H3/t13?,14?,15-/m0/s1. The zero-order chi connectivity index (χ0) is 20.6. The average molecular weight is 395 g/mol. The minimum atomic E-state index is -4.81. The lowest BCUT2D eigenvalue weighted by atomic mass is 9.99. The summed E-state index contributed by atoms with van der Waals surface area (Å²) >= 11 is 0. The predicted molar refractivity (Wildman–Crippen MR) is 99.3 cm³/mol. The third-order valence-electron chi connectivity index (χ3n) is 5.51. The molecule has 2 unspecified atom stereocenters. The highest BCUT2D eigenvalue weighted by atomic mass is 19.4. The number of rotatable bonds is 4. The Morgan fingerprint density at radius 2 is 2.00 bits per heavy atom. The van der Waals surface area contributed by atoms with Crippen LogP contribution < -0.4 is 5.73 Å². The van der Waals surface area contributed by atoms with Crippen molar-refractivity contribution in [3.05, 3.63) is 35.4 Å². The fraction of sp³-hybridized carbons (Fsp3) is 0.526. The van der Waals surface area contributed by atoms with Crippen molar-refractivity contribution in [2.24, 2.45) is 5.73 Å². The smallest absolute Gasteiger partial charge is 0.328 e. The number of hydrogen-bond acceptors (Lipinski definition) is 4. The molecule has 2 aliphatic heterocycles. The largest absolute Gasteiger partial charge is 0.449 e. The number of halogens is 3. The lowest BCUT2D eigenvalue weighted by Gasteiger charge is -2.42. The van der Waals surface area contributed by atoms with E-state index in [1.807, 2.05) is 31.2 Å². The van der Waals surface area contributed by atoms with Gasteiger partial charge in [-0.1, -0.05) is 24.3 Å². The summed E-state index contributed by atoms with van der Waals surface area (Å²) < 4.78 is 38.7. The van der Waals surface area contributed by atoms with Gasteiger partial charge in [0.05, 0.1) is 12.1 Å². The molecule has 1 aromatic carbocycles. The molecule has 0 aromatic heterocycles. The zero-order valence-corrected chi connectivity index (χ0v) is 15.6. The molecule has 2 fully saturated rings. The molecule has 9 heteroatoms. The first-order chi connectivity index (χ1) is 13.1. The minimum absolute atomic E-state index is 0.0747. The number of likely N-dealkylation sites (tertiary alicyclic amines) is 1. The second-order valence-corrected chi connectivity index (χ2v) is 7.49. The highest BCUT2D eigenvalue weighted by Crippen LogP contribution is 2.34. The Morgan fingerprint density at radius 1 is 1.32 bits per heavy atom. The van der Waals surface area contributed by atoms with Gasteiger partial charge in [-0.05, 0) is 37.3 Å². The first kappa shape index (κ1) is 20.3. The number of amidine groups is 2. The first-order valence-corrected chi connectivity index (χ1v) is 9.22. The molecule has 2 saturated heterocycles. The second-order valence-electron chi connectivity index (χ2n) is 7.49. The minimum Gasteiger partial charge on any atom is -0.328 e. The van der Waals surface area contributed by atoms with E-state index in [1.54, 1.807) is 0 Å². The number of alkyl halides is 3. The van der Waals surface area contributed by atoms with Gasteiger partial charge in [0, 0.05) is 19.0 Å². The van der Waals surface area contributed by atoms with E-state index in [9.17, 15) is 18.0 Å². The van der Waals surface area contributed by atoms with Crippen LogP contribution in [0.3, 0.4) is 0 Å². The molecule has 0 radical (unpaired) electrons. The summed E-state index contributed by atoms with van der Waals surface area (Å²) in [4.78, 5) is 15.0. The molecule has 1 amide bonds. The summed E-state index contributed by atoms with van der Waals surface area (Å²) in [7, 11) is 0. The van der Waals surface area contributed by atoms with Crippen molar-refractivity contribution < 1.29 is 18.0 Å². The van der Waals surface area contributed by atoms with E-state index in [2.05, 4.69) is 0 Å². The molecule has 2 heterocycles. The van der Waals surface area contributed by atoms with Crippen molar-refractivity contribution in [2.45, 2.75) is 56.9 Å². The van der Waals surface area contributed by atoms with Gasteiger partial charge < -0.3 is 15.5 Å². The van der Waals surface area contributed by atoms with Crippen LogP contribution in [-0.2, 0) is 11.2 Å². The van der Waals surface area contributed by atoms with Crippen molar-refractivity contribution in [3.63, 3.8) is 0 Å². The predicted octanol–water partition coefficient (Wildman–Crippen LogP) is 2.45. The van der Waals surface area contributed by atoms with Crippen LogP contribution in [0.25, 0.3) is 0 Å². The molecule has 3 rings (SSSR count). The maximum atomic E-state index is 12.9. The number of carbonyl (C=O) groups is 1. The number of nitrogens with zero attached hydrogens (tertiary/aromatic N) is 2. The van der Waals surface area contributed by atoms with Crippen molar-refractivity contribution in [3.8, 4) is 0 Å². The van der Waals surface area contributed by atoms with Gasteiger partial charge in [0.2, 0.25) is 11.7 Å². The number of carbonyl (C=O) groups excluding carboxylic acids is 1. The fourth-order valence-corrected chi connectivity index (χ4v) is 4.09. The molecule has 2 bridgehead atoms. The molecule has 4 N–H and O–H groups in total. The van der Waals surface area contributed by atoms with E-state index in [0.29, 0.717) is 24.2 Å². The van der Waals surface area contributed by atoms with Crippen molar-refractivity contribution >= 4 is 17.6 Å². The van der Waals surface area contributed by atoms with Crippen molar-refractivity contribution in [1.82, 2.24) is 9.80 Å². The average Bonchev–Trinajstić information content (AvgIpc) is 2.96. The number of aryl methyl sites for hydroxylation is 1. The zero-order valence-electron chi connectivity index (χ0n) is 15.6. The lowest BCUT2D eigenvalue weighted by Crippen LogP contribution is -2.62. The molecule has 28 heavy (non-hydrogen) atoms. The molecular formula is C19H24F3N5O. The number of fused-ring (bicyclic) bond motifs is 2. The normalized spacial score (nSPS) is 23.1. The maximum absolute atomic E-state index is 12.9. The Hall–Kier alpha value is -2.42. The third kappa shape index (κ3) is 3.89. The Balaban J connectivity index is 1.66. The van der Waals surface area contributed by atoms with E-state index >= 15 is 0 Å². The third-order valence-corrected chi connectivity index (χ3v) is 5.51. The van der Waals surface area contributed by atoms with Crippen molar-refractivity contribution in [2.75, 3.05) is 6.54 Å². The number of hydrogen-bond donors (Lipinski definition) is 3. The topological polar surface area (TPSA) is 97.3 Å². The van der Waals surface area contributed by atoms with E-state index < -0.39 is 30.1 Å². The van der Waals surface area contributed by atoms with Gasteiger partial charge in [0.25, 0.3) is 0 Å². The van der Waals surface area contributed by atoms with Gasteiger partial charge in [-0.15, -0.1) is 0 Å². The number of amides is 1. The summed E-state index contributed by atoms with van der Waals surface area (Å²) in [6.07, 6.45) is -3.25. The maximum Gasteiger partial charge on any atom is 0.449 e. The Morgan fingerprint density at radius 3 is 2.64 bits per heavy atom. The number of nitrogens with one attached hydrogen (secondary N) is 2. The summed E-state index contributed by atoms with van der Waals surface area (Å²) in [6.45, 7) is 1.80. The van der Waals surface area contributed by atoms with Gasteiger partial charge in [-0.25, -0.2) is 0 Å². The number of benzene rings is 1. The van der Waals surface area contributed by atoms with Gasteiger partial charge in [-0.3, -0.25) is 15.6 Å². The SMILES string of the molecule is Cc1ccccc1CC(N)CC(=O)N1C2CC[C@H]1C(=N)N(C(=N)C(F)(F)F)C2. The Bertz CT molecular complexity index is 794. The molecule has 1 aromatic rings. The second kappa shape index (κ2) is 7.54. The quantitative estimate of drug-likeness (QED) is 0.540. The van der Waals surface area contributed by atoms with E-state index in [1.165, 1.54) is 4.90 Å². The molecule has 0 aliphatic carbocycles. The summed E-state index contributed by atoms with van der Waals surface area (Å²) in [5.41, 5.74) is 8.31. The fourth-order valence-electron chi connectivity index (χ4n) is 4.09. The molecule has 0 saturated carbocycles. The highest BCUT2D eigenvalue weighted by molar-refractivity contribution is 6.05. The summed E-state index contributed by atoms with van der Waals surface area (Å²) in [6, 6.07) is 6.21. The summed E-state index contributed by atoms with van der Waals surface area (Å²) in [5, 5.41) is 15.5. The Kier molecular flexibility index (Phi) is 5.47. The Labute approximate surface area is 161 Å². The van der Waals surface area contributed by atoms with Gasteiger partial charge in [0.1, 0.15) is 5.84 Å². The van der Waals surface area contributed by atoms with Crippen LogP contribution in [0.1, 0.15) is 30.4 Å². The molecule has 152 valence electrons. The van der Waals surface area contributed by atoms with Gasteiger partial charge >= 0.3 is 6.18 Å².